The highest BCUT2D eigenvalue weighted by Crippen LogP contribution is 2.22. The lowest BCUT2D eigenvalue weighted by molar-refractivity contribution is 0.0541. The van der Waals surface area contributed by atoms with Gasteiger partial charge in [0.05, 0.1) is 12.7 Å². The summed E-state index contributed by atoms with van der Waals surface area (Å²) in [6.45, 7) is 2.47. The van der Waals surface area contributed by atoms with Crippen molar-refractivity contribution >= 4 is 11.3 Å². The van der Waals surface area contributed by atoms with Crippen molar-refractivity contribution in [3.05, 3.63) is 57.8 Å². The van der Waals surface area contributed by atoms with E-state index < -0.39 is 0 Å². The summed E-state index contributed by atoms with van der Waals surface area (Å²) in [5.41, 5.74) is 2.11. The van der Waals surface area contributed by atoms with Crippen LogP contribution in [0.15, 0.2) is 41.8 Å². The molecule has 1 heterocycles. The summed E-state index contributed by atoms with van der Waals surface area (Å²) < 4.78 is 5.87. The van der Waals surface area contributed by atoms with Crippen LogP contribution in [0.5, 0.6) is 0 Å². The number of ether oxygens (including phenoxy) is 1. The molecule has 0 aliphatic rings. The van der Waals surface area contributed by atoms with Gasteiger partial charge in [-0.05, 0) is 23.9 Å². The van der Waals surface area contributed by atoms with Gasteiger partial charge in [-0.3, -0.25) is 0 Å². The molecule has 1 aromatic carbocycles. The number of aliphatic hydroxyl groups excluding tert-OH is 1. The summed E-state index contributed by atoms with van der Waals surface area (Å²) >= 11 is 1.63. The van der Waals surface area contributed by atoms with Crippen molar-refractivity contribution in [2.24, 2.45) is 0 Å². The monoisotopic (exact) mass is 272 g/mol. The number of benzene rings is 1. The smallest absolute Gasteiger partial charge is 0.104 e. The van der Waals surface area contributed by atoms with Crippen molar-refractivity contribution in [1.29, 1.82) is 0 Å². The van der Waals surface area contributed by atoms with Gasteiger partial charge in [0, 0.05) is 10.4 Å². The molecule has 0 bridgehead atoms. The third kappa shape index (κ3) is 3.93. The van der Waals surface area contributed by atoms with Crippen LogP contribution in [0.2, 0.25) is 0 Å². The second-order valence-corrected chi connectivity index (χ2v) is 5.08. The summed E-state index contributed by atoms with van der Waals surface area (Å²) in [6, 6.07) is 12.1. The molecular weight excluding hydrogens is 256 g/mol. The van der Waals surface area contributed by atoms with Gasteiger partial charge in [-0.2, -0.15) is 0 Å². The molecule has 1 aromatic heterocycles. The predicted molar refractivity (Wildman–Crippen MR) is 77.9 cm³/mol. The lowest BCUT2D eigenvalue weighted by Crippen LogP contribution is -2.00. The topological polar surface area (TPSA) is 29.5 Å². The molecule has 2 aromatic rings. The van der Waals surface area contributed by atoms with Gasteiger partial charge >= 0.3 is 0 Å². The zero-order valence-electron chi connectivity index (χ0n) is 10.8. The Morgan fingerprint density at radius 2 is 2.05 bits per heavy atom. The Kier molecular flexibility index (Phi) is 5.17. The van der Waals surface area contributed by atoms with Crippen molar-refractivity contribution in [2.45, 2.75) is 19.6 Å². The van der Waals surface area contributed by atoms with Crippen LogP contribution >= 0.6 is 11.3 Å². The Hall–Kier alpha value is -1.60. The Bertz CT molecular complexity index is 563. The van der Waals surface area contributed by atoms with Crippen molar-refractivity contribution in [3.63, 3.8) is 0 Å². The molecule has 0 saturated heterocycles. The Labute approximate surface area is 117 Å². The molecule has 0 amide bonds. The Morgan fingerprint density at radius 1 is 1.26 bits per heavy atom. The summed E-state index contributed by atoms with van der Waals surface area (Å²) in [6.07, 6.45) is 0.0574. The molecule has 0 radical (unpaired) electrons. The van der Waals surface area contributed by atoms with Crippen molar-refractivity contribution in [1.82, 2.24) is 0 Å². The fourth-order valence-electron chi connectivity index (χ4n) is 1.72. The van der Waals surface area contributed by atoms with E-state index in [1.165, 1.54) is 5.56 Å². The molecule has 0 saturated carbocycles. The van der Waals surface area contributed by atoms with Crippen LogP contribution in [0.4, 0.5) is 0 Å². The van der Waals surface area contributed by atoms with Gasteiger partial charge in [0.15, 0.2) is 0 Å². The normalized spacial score (nSPS) is 11.7. The molecule has 3 heteroatoms. The zero-order valence-corrected chi connectivity index (χ0v) is 11.6. The van der Waals surface area contributed by atoms with Gasteiger partial charge in [-0.25, -0.2) is 0 Å². The highest BCUT2D eigenvalue weighted by Gasteiger charge is 2.08. The van der Waals surface area contributed by atoms with Gasteiger partial charge in [-0.15, -0.1) is 11.3 Å². The lowest BCUT2D eigenvalue weighted by atomic mass is 10.1. The third-order valence-corrected chi connectivity index (χ3v) is 3.68. The van der Waals surface area contributed by atoms with Gasteiger partial charge in [0.1, 0.15) is 6.61 Å². The Balaban J connectivity index is 1.98. The summed E-state index contributed by atoms with van der Waals surface area (Å²) in [4.78, 5) is 1.10. The number of hydrogen-bond donors (Lipinski definition) is 1. The first-order chi connectivity index (χ1) is 9.31. The maximum Gasteiger partial charge on any atom is 0.104 e. The zero-order chi connectivity index (χ0) is 13.5. The predicted octanol–water partition coefficient (Wildman–Crippen LogP) is 3.37. The van der Waals surface area contributed by atoms with Crippen molar-refractivity contribution in [2.75, 3.05) is 6.61 Å². The van der Waals surface area contributed by atoms with Crippen LogP contribution in [0, 0.1) is 11.8 Å². The average Bonchev–Trinajstić information content (AvgIpc) is 2.91. The lowest BCUT2D eigenvalue weighted by Gasteiger charge is -2.12. The minimum absolute atomic E-state index is 0.0574. The summed E-state index contributed by atoms with van der Waals surface area (Å²) in [5.74, 6) is 5.60. The van der Waals surface area contributed by atoms with Gasteiger partial charge < -0.3 is 9.84 Å². The second kappa shape index (κ2) is 7.10. The molecule has 0 aliphatic carbocycles. The van der Waals surface area contributed by atoms with Crippen LogP contribution in [0.3, 0.4) is 0 Å². The summed E-state index contributed by atoms with van der Waals surface area (Å²) in [7, 11) is 0. The first-order valence-electron chi connectivity index (χ1n) is 6.14. The minimum Gasteiger partial charge on any atom is -0.384 e. The minimum atomic E-state index is -0.115. The van der Waals surface area contributed by atoms with E-state index in [-0.39, 0.29) is 12.7 Å². The molecule has 98 valence electrons. The van der Waals surface area contributed by atoms with Crippen LogP contribution in [0.25, 0.3) is 0 Å². The molecule has 2 nitrogen and oxygen atoms in total. The Morgan fingerprint density at radius 3 is 2.79 bits per heavy atom. The van der Waals surface area contributed by atoms with E-state index in [9.17, 15) is 0 Å². The van der Waals surface area contributed by atoms with E-state index in [0.29, 0.717) is 6.61 Å². The quantitative estimate of drug-likeness (QED) is 0.865. The van der Waals surface area contributed by atoms with E-state index in [0.717, 1.165) is 10.4 Å². The molecule has 0 fully saturated rings. The maximum absolute atomic E-state index is 8.72. The van der Waals surface area contributed by atoms with Gasteiger partial charge in [0.2, 0.25) is 0 Å². The second-order valence-electron chi connectivity index (χ2n) is 4.08. The number of thiophene rings is 1. The molecule has 1 unspecified atom stereocenters. The average molecular weight is 272 g/mol. The van der Waals surface area contributed by atoms with E-state index in [1.54, 1.807) is 11.3 Å². The first-order valence-corrected chi connectivity index (χ1v) is 7.02. The SMILES string of the molecule is CC(OCc1sccc1C#CCO)c1ccccc1. The molecular formula is C16H16O2S. The molecule has 1 atom stereocenters. The highest BCUT2D eigenvalue weighted by atomic mass is 32.1. The largest absolute Gasteiger partial charge is 0.384 e. The van der Waals surface area contributed by atoms with Crippen LogP contribution in [-0.4, -0.2) is 11.7 Å². The van der Waals surface area contributed by atoms with Crippen LogP contribution < -0.4 is 0 Å². The molecule has 0 aliphatic heterocycles. The van der Waals surface area contributed by atoms with Crippen molar-refractivity contribution < 1.29 is 9.84 Å². The van der Waals surface area contributed by atoms with E-state index in [1.807, 2.05) is 36.6 Å². The van der Waals surface area contributed by atoms with Crippen molar-refractivity contribution in [3.8, 4) is 11.8 Å². The molecule has 19 heavy (non-hydrogen) atoms. The number of rotatable bonds is 4. The molecule has 2 rings (SSSR count). The third-order valence-electron chi connectivity index (χ3n) is 2.78. The molecule has 1 N–H and O–H groups in total. The van der Waals surface area contributed by atoms with Crippen LogP contribution in [-0.2, 0) is 11.3 Å². The number of hydrogen-bond acceptors (Lipinski definition) is 3. The van der Waals surface area contributed by atoms with Crippen LogP contribution in [0.1, 0.15) is 29.0 Å². The summed E-state index contributed by atoms with van der Waals surface area (Å²) in [5, 5.41) is 10.7. The molecule has 0 spiro atoms. The number of aliphatic hydroxyl groups is 1. The first kappa shape index (κ1) is 13.8. The van der Waals surface area contributed by atoms with Gasteiger partial charge in [-0.1, -0.05) is 42.2 Å². The maximum atomic E-state index is 8.72. The van der Waals surface area contributed by atoms with E-state index in [2.05, 4.69) is 24.0 Å². The fraction of sp³-hybridized carbons (Fsp3) is 0.250. The fourth-order valence-corrected chi connectivity index (χ4v) is 2.47. The van der Waals surface area contributed by atoms with E-state index >= 15 is 0 Å². The standard InChI is InChI=1S/C16H16O2S/c1-13(14-6-3-2-4-7-14)18-12-16-15(8-5-10-17)9-11-19-16/h2-4,6-7,9,11,13,17H,10,12H2,1H3. The van der Waals surface area contributed by atoms with E-state index in [4.69, 9.17) is 9.84 Å². The van der Waals surface area contributed by atoms with Gasteiger partial charge in [0.25, 0.3) is 0 Å². The highest BCUT2D eigenvalue weighted by molar-refractivity contribution is 7.10.